The van der Waals surface area contributed by atoms with E-state index in [1.165, 1.54) is 0 Å². The third-order valence-corrected chi connectivity index (χ3v) is 3.25. The third-order valence-electron chi connectivity index (χ3n) is 3.25. The van der Waals surface area contributed by atoms with Gasteiger partial charge in [0, 0.05) is 18.0 Å². The average molecular weight is 259 g/mol. The van der Waals surface area contributed by atoms with Crippen molar-refractivity contribution in [2.24, 2.45) is 0 Å². The van der Waals surface area contributed by atoms with Crippen LogP contribution in [0.15, 0.2) is 40.8 Å². The van der Waals surface area contributed by atoms with E-state index < -0.39 is 0 Å². The topological polar surface area (TPSA) is 34.4 Å². The van der Waals surface area contributed by atoms with Gasteiger partial charge in [0.2, 0.25) is 0 Å². The Morgan fingerprint density at radius 3 is 2.58 bits per heavy atom. The van der Waals surface area contributed by atoms with E-state index in [0.717, 1.165) is 35.8 Å². The number of nitrogens with one attached hydrogen (secondary N) is 1. The van der Waals surface area contributed by atoms with Gasteiger partial charge in [-0.05, 0) is 25.1 Å². The lowest BCUT2D eigenvalue weighted by Crippen LogP contribution is -2.18. The number of furan rings is 1. The van der Waals surface area contributed by atoms with Gasteiger partial charge in [-0.2, -0.15) is 0 Å². The minimum Gasteiger partial charge on any atom is -0.496 e. The number of para-hydroxylation sites is 1. The predicted molar refractivity (Wildman–Crippen MR) is 76.3 cm³/mol. The van der Waals surface area contributed by atoms with E-state index >= 15 is 0 Å². The Balaban J connectivity index is 1.98. The molecule has 1 aromatic heterocycles. The zero-order valence-corrected chi connectivity index (χ0v) is 11.8. The third kappa shape index (κ3) is 3.38. The summed E-state index contributed by atoms with van der Waals surface area (Å²) < 4.78 is 11.1. The van der Waals surface area contributed by atoms with Crippen LogP contribution in [0.25, 0.3) is 0 Å². The number of hydrogen-bond acceptors (Lipinski definition) is 3. The van der Waals surface area contributed by atoms with Crippen LogP contribution in [0, 0.1) is 0 Å². The van der Waals surface area contributed by atoms with E-state index in [1.807, 2.05) is 30.3 Å². The molecule has 2 aromatic rings. The first-order chi connectivity index (χ1) is 9.24. The summed E-state index contributed by atoms with van der Waals surface area (Å²) in [6.07, 6.45) is 0.933. The van der Waals surface area contributed by atoms with Crippen molar-refractivity contribution in [2.45, 2.75) is 32.9 Å². The fourth-order valence-corrected chi connectivity index (χ4v) is 2.10. The summed E-state index contributed by atoms with van der Waals surface area (Å²) in [5.74, 6) is 2.91. The van der Waals surface area contributed by atoms with E-state index in [2.05, 4.69) is 25.2 Å². The van der Waals surface area contributed by atoms with Crippen LogP contribution in [0.4, 0.5) is 0 Å². The van der Waals surface area contributed by atoms with Crippen LogP contribution in [0.3, 0.4) is 0 Å². The number of hydrogen-bond donors (Lipinski definition) is 1. The van der Waals surface area contributed by atoms with E-state index in [4.69, 9.17) is 9.15 Å². The van der Waals surface area contributed by atoms with Crippen molar-refractivity contribution in [3.8, 4) is 5.75 Å². The number of aryl methyl sites for hydroxylation is 1. The number of methoxy groups -OCH3 is 1. The van der Waals surface area contributed by atoms with Crippen molar-refractivity contribution in [3.05, 3.63) is 53.5 Å². The molecule has 0 fully saturated rings. The SMILES string of the molecule is CCc1ccc(CN[C@@H](C)c2ccccc2OC)o1. The molecular formula is C16H21NO2. The molecule has 1 aromatic carbocycles. The summed E-state index contributed by atoms with van der Waals surface area (Å²) in [5, 5.41) is 3.45. The molecule has 0 spiro atoms. The van der Waals surface area contributed by atoms with Crippen molar-refractivity contribution in [2.75, 3.05) is 7.11 Å². The van der Waals surface area contributed by atoms with Gasteiger partial charge in [0.15, 0.2) is 0 Å². The first-order valence-corrected chi connectivity index (χ1v) is 6.68. The van der Waals surface area contributed by atoms with Gasteiger partial charge in [-0.1, -0.05) is 25.1 Å². The Labute approximate surface area is 114 Å². The van der Waals surface area contributed by atoms with Crippen LogP contribution < -0.4 is 10.1 Å². The molecule has 3 nitrogen and oxygen atoms in total. The van der Waals surface area contributed by atoms with Crippen molar-refractivity contribution in [1.29, 1.82) is 0 Å². The number of rotatable bonds is 6. The summed E-state index contributed by atoms with van der Waals surface area (Å²) in [7, 11) is 1.70. The highest BCUT2D eigenvalue weighted by Gasteiger charge is 2.11. The van der Waals surface area contributed by atoms with Gasteiger partial charge in [-0.3, -0.25) is 0 Å². The van der Waals surface area contributed by atoms with Gasteiger partial charge in [-0.25, -0.2) is 0 Å². The summed E-state index contributed by atoms with van der Waals surface area (Å²) in [6.45, 7) is 4.94. The van der Waals surface area contributed by atoms with Crippen LogP contribution >= 0.6 is 0 Å². The van der Waals surface area contributed by atoms with Crippen molar-refractivity contribution in [3.63, 3.8) is 0 Å². The summed E-state index contributed by atoms with van der Waals surface area (Å²) in [4.78, 5) is 0. The molecular weight excluding hydrogens is 238 g/mol. The monoisotopic (exact) mass is 259 g/mol. The zero-order valence-electron chi connectivity index (χ0n) is 11.8. The molecule has 0 saturated heterocycles. The molecule has 0 saturated carbocycles. The molecule has 0 aliphatic rings. The van der Waals surface area contributed by atoms with E-state index in [1.54, 1.807) is 7.11 Å². The van der Waals surface area contributed by atoms with E-state index in [0.29, 0.717) is 0 Å². The van der Waals surface area contributed by atoms with Gasteiger partial charge in [0.1, 0.15) is 17.3 Å². The Kier molecular flexibility index (Phi) is 4.63. The van der Waals surface area contributed by atoms with Crippen molar-refractivity contribution < 1.29 is 9.15 Å². The normalized spacial score (nSPS) is 12.4. The molecule has 19 heavy (non-hydrogen) atoms. The summed E-state index contributed by atoms with van der Waals surface area (Å²) in [5.41, 5.74) is 1.16. The van der Waals surface area contributed by atoms with Crippen LogP contribution in [-0.2, 0) is 13.0 Å². The largest absolute Gasteiger partial charge is 0.496 e. The van der Waals surface area contributed by atoms with E-state index in [-0.39, 0.29) is 6.04 Å². The molecule has 0 aliphatic carbocycles. The lowest BCUT2D eigenvalue weighted by atomic mass is 10.1. The molecule has 0 amide bonds. The van der Waals surface area contributed by atoms with Crippen molar-refractivity contribution >= 4 is 0 Å². The second kappa shape index (κ2) is 6.43. The summed E-state index contributed by atoms with van der Waals surface area (Å²) >= 11 is 0. The summed E-state index contributed by atoms with van der Waals surface area (Å²) in [6, 6.07) is 12.3. The lowest BCUT2D eigenvalue weighted by molar-refractivity contribution is 0.395. The first-order valence-electron chi connectivity index (χ1n) is 6.68. The highest BCUT2D eigenvalue weighted by molar-refractivity contribution is 5.35. The number of ether oxygens (including phenoxy) is 1. The second-order valence-corrected chi connectivity index (χ2v) is 4.57. The molecule has 3 heteroatoms. The van der Waals surface area contributed by atoms with Gasteiger partial charge >= 0.3 is 0 Å². The van der Waals surface area contributed by atoms with Crippen LogP contribution in [-0.4, -0.2) is 7.11 Å². The zero-order chi connectivity index (χ0) is 13.7. The molecule has 0 aliphatic heterocycles. The fraction of sp³-hybridized carbons (Fsp3) is 0.375. The molecule has 1 atom stereocenters. The molecule has 1 heterocycles. The Morgan fingerprint density at radius 1 is 1.16 bits per heavy atom. The van der Waals surface area contributed by atoms with Gasteiger partial charge in [-0.15, -0.1) is 0 Å². The number of benzene rings is 1. The highest BCUT2D eigenvalue weighted by atomic mass is 16.5. The smallest absolute Gasteiger partial charge is 0.123 e. The quantitative estimate of drug-likeness (QED) is 0.859. The second-order valence-electron chi connectivity index (χ2n) is 4.57. The molecule has 0 unspecified atom stereocenters. The van der Waals surface area contributed by atoms with Crippen LogP contribution in [0.5, 0.6) is 5.75 Å². The standard InChI is InChI=1S/C16H21NO2/c1-4-13-9-10-14(19-13)11-17-12(2)15-7-5-6-8-16(15)18-3/h5-10,12,17H,4,11H2,1-3H3/t12-/m0/s1. The molecule has 1 N–H and O–H groups in total. The van der Waals surface area contributed by atoms with Gasteiger partial charge < -0.3 is 14.5 Å². The van der Waals surface area contributed by atoms with Crippen LogP contribution in [0.1, 0.15) is 37.0 Å². The molecule has 2 rings (SSSR count). The van der Waals surface area contributed by atoms with Crippen LogP contribution in [0.2, 0.25) is 0 Å². The minimum absolute atomic E-state index is 0.214. The maximum absolute atomic E-state index is 5.68. The maximum Gasteiger partial charge on any atom is 0.123 e. The van der Waals surface area contributed by atoms with Gasteiger partial charge in [0.25, 0.3) is 0 Å². The Morgan fingerprint density at radius 2 is 1.89 bits per heavy atom. The fourth-order valence-electron chi connectivity index (χ4n) is 2.10. The van der Waals surface area contributed by atoms with Crippen molar-refractivity contribution in [1.82, 2.24) is 5.32 Å². The first kappa shape index (κ1) is 13.7. The average Bonchev–Trinajstić information content (AvgIpc) is 2.92. The predicted octanol–water partition coefficient (Wildman–Crippen LogP) is 3.70. The maximum atomic E-state index is 5.68. The van der Waals surface area contributed by atoms with E-state index in [9.17, 15) is 0 Å². The lowest BCUT2D eigenvalue weighted by Gasteiger charge is -2.16. The Bertz CT molecular complexity index is 519. The van der Waals surface area contributed by atoms with Gasteiger partial charge in [0.05, 0.1) is 13.7 Å². The highest BCUT2D eigenvalue weighted by Crippen LogP contribution is 2.24. The molecule has 0 radical (unpaired) electrons. The molecule has 102 valence electrons. The molecule has 0 bridgehead atoms. The minimum atomic E-state index is 0.214. The Hall–Kier alpha value is -1.74.